The molecule has 1 aliphatic rings. The molecule has 4 nitrogen and oxygen atoms in total. The summed E-state index contributed by atoms with van der Waals surface area (Å²) in [4.78, 5) is 14.6. The van der Waals surface area contributed by atoms with Crippen LogP contribution in [0.1, 0.15) is 29.3 Å². The number of carbonyl (C=O) groups is 1. The predicted molar refractivity (Wildman–Crippen MR) is 82.8 cm³/mol. The molecule has 1 fully saturated rings. The first-order chi connectivity index (χ1) is 9.52. The van der Waals surface area contributed by atoms with Gasteiger partial charge >= 0.3 is 0 Å². The van der Waals surface area contributed by atoms with Crippen LogP contribution in [0.4, 0.5) is 0 Å². The average molecular weight is 292 g/mol. The number of rotatable bonds is 3. The molecule has 2 rings (SSSR count). The van der Waals surface area contributed by atoms with Crippen molar-refractivity contribution in [2.75, 3.05) is 20.2 Å². The highest BCUT2D eigenvalue weighted by Gasteiger charge is 2.29. The first-order valence-corrected chi connectivity index (χ1v) is 7.15. The van der Waals surface area contributed by atoms with E-state index in [1.165, 1.54) is 0 Å². The number of ether oxygens (including phenoxy) is 1. The number of hydrogen-bond acceptors (Lipinski definition) is 3. The fourth-order valence-corrected chi connectivity index (χ4v) is 2.62. The first kappa shape index (κ1) is 14.9. The Hall–Kier alpha value is -1.46. The summed E-state index contributed by atoms with van der Waals surface area (Å²) in [5.74, 6) is 0.523. The quantitative estimate of drug-likeness (QED) is 0.863. The molecule has 0 saturated carbocycles. The SMILES string of the molecule is COC1CN(C(=O)c2ccc(C(N)=S)cc2)CCC1C. The number of likely N-dealkylation sites (tertiary alicyclic amines) is 1. The number of benzene rings is 1. The van der Waals surface area contributed by atoms with Crippen LogP contribution < -0.4 is 5.73 Å². The molecule has 2 unspecified atom stereocenters. The van der Waals surface area contributed by atoms with Gasteiger partial charge in [0.05, 0.1) is 6.10 Å². The van der Waals surface area contributed by atoms with Gasteiger partial charge in [0.15, 0.2) is 0 Å². The van der Waals surface area contributed by atoms with Gasteiger partial charge in [-0.05, 0) is 24.5 Å². The molecule has 1 saturated heterocycles. The number of nitrogens with zero attached hydrogens (tertiary/aromatic N) is 1. The molecule has 0 aliphatic carbocycles. The number of piperidine rings is 1. The van der Waals surface area contributed by atoms with Crippen LogP contribution in [0.5, 0.6) is 0 Å². The molecule has 0 spiro atoms. The van der Waals surface area contributed by atoms with E-state index in [0.29, 0.717) is 23.0 Å². The molecule has 1 heterocycles. The third kappa shape index (κ3) is 3.16. The minimum atomic E-state index is 0.0356. The summed E-state index contributed by atoms with van der Waals surface area (Å²) in [7, 11) is 1.70. The lowest BCUT2D eigenvalue weighted by Crippen LogP contribution is -2.46. The van der Waals surface area contributed by atoms with Gasteiger partial charge in [-0.25, -0.2) is 0 Å². The molecule has 0 bridgehead atoms. The van der Waals surface area contributed by atoms with Gasteiger partial charge in [0, 0.05) is 31.3 Å². The van der Waals surface area contributed by atoms with Crippen LogP contribution in [0.25, 0.3) is 0 Å². The van der Waals surface area contributed by atoms with Gasteiger partial charge in [-0.3, -0.25) is 4.79 Å². The maximum atomic E-state index is 12.5. The summed E-state index contributed by atoms with van der Waals surface area (Å²) < 4.78 is 5.44. The van der Waals surface area contributed by atoms with Crippen molar-refractivity contribution in [2.24, 2.45) is 11.7 Å². The van der Waals surface area contributed by atoms with Crippen LogP contribution in [-0.4, -0.2) is 42.1 Å². The second-order valence-electron chi connectivity index (χ2n) is 5.23. The zero-order valence-corrected chi connectivity index (χ0v) is 12.7. The van der Waals surface area contributed by atoms with Gasteiger partial charge in [0.25, 0.3) is 5.91 Å². The summed E-state index contributed by atoms with van der Waals surface area (Å²) in [5.41, 5.74) is 6.99. The van der Waals surface area contributed by atoms with Crippen molar-refractivity contribution in [2.45, 2.75) is 19.4 Å². The molecule has 1 aromatic carbocycles. The smallest absolute Gasteiger partial charge is 0.253 e. The Labute approximate surface area is 124 Å². The fourth-order valence-electron chi connectivity index (χ4n) is 2.48. The second-order valence-corrected chi connectivity index (χ2v) is 5.67. The van der Waals surface area contributed by atoms with Crippen molar-refractivity contribution >= 4 is 23.1 Å². The van der Waals surface area contributed by atoms with E-state index in [4.69, 9.17) is 22.7 Å². The molecule has 1 aromatic rings. The van der Waals surface area contributed by atoms with Gasteiger partial charge in [0.1, 0.15) is 4.99 Å². The van der Waals surface area contributed by atoms with Gasteiger partial charge in [-0.15, -0.1) is 0 Å². The standard InChI is InChI=1S/C15H20N2O2S/c1-10-7-8-17(9-13(10)19-2)15(18)12-5-3-11(4-6-12)14(16)20/h3-6,10,13H,7-9H2,1-2H3,(H2,16,20). The van der Waals surface area contributed by atoms with Crippen molar-refractivity contribution in [3.8, 4) is 0 Å². The Bertz CT molecular complexity index is 501. The number of nitrogens with two attached hydrogens (primary N) is 1. The van der Waals surface area contributed by atoms with Crippen molar-refractivity contribution in [3.05, 3.63) is 35.4 Å². The minimum Gasteiger partial charge on any atom is -0.389 e. The van der Waals surface area contributed by atoms with E-state index in [0.717, 1.165) is 18.5 Å². The maximum Gasteiger partial charge on any atom is 0.253 e. The van der Waals surface area contributed by atoms with Crippen LogP contribution in [0.15, 0.2) is 24.3 Å². The number of methoxy groups -OCH3 is 1. The number of thiocarbonyl (C=S) groups is 1. The Morgan fingerprint density at radius 3 is 2.50 bits per heavy atom. The van der Waals surface area contributed by atoms with Crippen molar-refractivity contribution < 1.29 is 9.53 Å². The lowest BCUT2D eigenvalue weighted by Gasteiger charge is -2.36. The summed E-state index contributed by atoms with van der Waals surface area (Å²) in [6.45, 7) is 3.58. The Kier molecular flexibility index (Phi) is 4.73. The fraction of sp³-hybridized carbons (Fsp3) is 0.467. The second kappa shape index (κ2) is 6.33. The van der Waals surface area contributed by atoms with Gasteiger partial charge in [-0.2, -0.15) is 0 Å². The van der Waals surface area contributed by atoms with Crippen LogP contribution in [0.2, 0.25) is 0 Å². The third-order valence-electron chi connectivity index (χ3n) is 3.90. The minimum absolute atomic E-state index is 0.0356. The third-order valence-corrected chi connectivity index (χ3v) is 4.13. The zero-order valence-electron chi connectivity index (χ0n) is 11.8. The summed E-state index contributed by atoms with van der Waals surface area (Å²) in [5, 5.41) is 0. The van der Waals surface area contributed by atoms with Crippen molar-refractivity contribution in [1.29, 1.82) is 0 Å². The van der Waals surface area contributed by atoms with Crippen LogP contribution in [0.3, 0.4) is 0 Å². The van der Waals surface area contributed by atoms with E-state index in [1.54, 1.807) is 31.4 Å². The van der Waals surface area contributed by atoms with Gasteiger partial charge in [-0.1, -0.05) is 31.3 Å². The Morgan fingerprint density at radius 1 is 1.35 bits per heavy atom. The molecule has 0 aromatic heterocycles. The molecule has 2 N–H and O–H groups in total. The molecule has 1 aliphatic heterocycles. The molecular weight excluding hydrogens is 272 g/mol. The maximum absolute atomic E-state index is 12.5. The largest absolute Gasteiger partial charge is 0.389 e. The van der Waals surface area contributed by atoms with Crippen molar-refractivity contribution in [3.63, 3.8) is 0 Å². The number of amides is 1. The van der Waals surface area contributed by atoms with E-state index in [9.17, 15) is 4.79 Å². The number of carbonyl (C=O) groups excluding carboxylic acids is 1. The molecule has 20 heavy (non-hydrogen) atoms. The Balaban J connectivity index is 2.09. The highest BCUT2D eigenvalue weighted by atomic mass is 32.1. The number of hydrogen-bond donors (Lipinski definition) is 1. The van der Waals surface area contributed by atoms with E-state index in [2.05, 4.69) is 6.92 Å². The van der Waals surface area contributed by atoms with E-state index in [1.807, 2.05) is 4.90 Å². The molecule has 108 valence electrons. The lowest BCUT2D eigenvalue weighted by molar-refractivity contribution is -0.00156. The van der Waals surface area contributed by atoms with Gasteiger partial charge in [0.2, 0.25) is 0 Å². The van der Waals surface area contributed by atoms with E-state index >= 15 is 0 Å². The molecular formula is C15H20N2O2S. The van der Waals surface area contributed by atoms with E-state index < -0.39 is 0 Å². The van der Waals surface area contributed by atoms with Crippen molar-refractivity contribution in [1.82, 2.24) is 4.90 Å². The van der Waals surface area contributed by atoms with Crippen LogP contribution >= 0.6 is 12.2 Å². The first-order valence-electron chi connectivity index (χ1n) is 6.75. The average Bonchev–Trinajstić information content (AvgIpc) is 2.47. The zero-order chi connectivity index (χ0) is 14.7. The van der Waals surface area contributed by atoms with Gasteiger partial charge < -0.3 is 15.4 Å². The summed E-state index contributed by atoms with van der Waals surface area (Å²) in [6, 6.07) is 7.12. The highest BCUT2D eigenvalue weighted by molar-refractivity contribution is 7.80. The summed E-state index contributed by atoms with van der Waals surface area (Å²) >= 11 is 4.91. The Morgan fingerprint density at radius 2 is 1.95 bits per heavy atom. The van der Waals surface area contributed by atoms with Crippen LogP contribution in [0, 0.1) is 5.92 Å². The lowest BCUT2D eigenvalue weighted by atomic mass is 9.95. The normalized spacial score (nSPS) is 22.6. The summed E-state index contributed by atoms with van der Waals surface area (Å²) in [6.07, 6.45) is 1.08. The van der Waals surface area contributed by atoms with E-state index in [-0.39, 0.29) is 12.0 Å². The monoisotopic (exact) mass is 292 g/mol. The predicted octanol–water partition coefficient (Wildman–Crippen LogP) is 1.82. The molecule has 0 radical (unpaired) electrons. The topological polar surface area (TPSA) is 55.6 Å². The molecule has 1 amide bonds. The molecule has 5 heteroatoms. The molecule has 2 atom stereocenters. The van der Waals surface area contributed by atoms with Crippen LogP contribution in [-0.2, 0) is 4.74 Å². The highest BCUT2D eigenvalue weighted by Crippen LogP contribution is 2.21.